The fourth-order valence-electron chi connectivity index (χ4n) is 8.62. The molecule has 6 fully saturated rings. The van der Waals surface area contributed by atoms with Crippen molar-refractivity contribution in [3.8, 4) is 5.75 Å². The molecule has 13 heteroatoms. The van der Waals surface area contributed by atoms with Crippen molar-refractivity contribution in [2.75, 3.05) is 13.2 Å². The second-order valence-electron chi connectivity index (χ2n) is 14.8. The maximum absolute atomic E-state index is 14.7. The van der Waals surface area contributed by atoms with E-state index >= 15 is 0 Å². The lowest BCUT2D eigenvalue weighted by molar-refractivity contribution is -0.235. The first-order valence-corrected chi connectivity index (χ1v) is 18.0. The van der Waals surface area contributed by atoms with Crippen LogP contribution in [0.5, 0.6) is 5.75 Å². The molecule has 2 bridgehead atoms. The lowest BCUT2D eigenvalue weighted by atomic mass is 9.62. The molecule has 0 spiro atoms. The van der Waals surface area contributed by atoms with Gasteiger partial charge in [-0.3, -0.25) is 19.2 Å². The van der Waals surface area contributed by atoms with E-state index < -0.39 is 71.6 Å². The lowest BCUT2D eigenvalue weighted by Gasteiger charge is -2.49. The summed E-state index contributed by atoms with van der Waals surface area (Å²) in [4.78, 5) is 48.5. The molecule has 8 atom stereocenters. The Labute approximate surface area is 295 Å². The number of carbonyl (C=O) groups is 3. The predicted octanol–water partition coefficient (Wildman–Crippen LogP) is 1.72. The van der Waals surface area contributed by atoms with Crippen LogP contribution in [0.4, 0.5) is 0 Å². The largest absolute Gasteiger partial charge is 0.508 e. The van der Waals surface area contributed by atoms with Crippen LogP contribution in [-0.4, -0.2) is 99.7 Å². The average Bonchev–Trinajstić information content (AvgIpc) is 4.06. The SMILES string of the molecule is C[C@H](O)[C@@H](NC(=O)[C@@]12C[C@H]3OC(=O)[C@@H]1N(Cc1cccc(C=CCc4ccccc4O)c1)O[C@@H]2[C@H]1OC(C2CC2)(C2CC2)O[C@H]13)C(=O)NCCO. The molecule has 13 nitrogen and oxygen atoms in total. The van der Waals surface area contributed by atoms with Crippen LogP contribution in [0.15, 0.2) is 54.6 Å². The van der Waals surface area contributed by atoms with Gasteiger partial charge in [0.1, 0.15) is 41.6 Å². The number of benzene rings is 2. The number of phenolic OH excluding ortho intramolecular Hbond substituents is 1. The second-order valence-corrected chi connectivity index (χ2v) is 14.8. The smallest absolute Gasteiger partial charge is 0.327 e. The van der Waals surface area contributed by atoms with E-state index in [2.05, 4.69) is 10.6 Å². The number of hydrogen-bond donors (Lipinski definition) is 5. The van der Waals surface area contributed by atoms with Gasteiger partial charge in [0.05, 0.1) is 19.3 Å². The molecule has 3 saturated carbocycles. The van der Waals surface area contributed by atoms with Gasteiger partial charge in [-0.15, -0.1) is 0 Å². The van der Waals surface area contributed by atoms with Crippen molar-refractivity contribution >= 4 is 23.9 Å². The number of hydrogen-bond acceptors (Lipinski definition) is 11. The predicted molar refractivity (Wildman–Crippen MR) is 180 cm³/mol. The molecule has 6 aliphatic rings. The van der Waals surface area contributed by atoms with E-state index in [0.29, 0.717) is 6.42 Å². The molecule has 3 heterocycles. The van der Waals surface area contributed by atoms with Gasteiger partial charge in [-0.1, -0.05) is 54.6 Å². The van der Waals surface area contributed by atoms with E-state index in [1.165, 1.54) is 12.0 Å². The van der Waals surface area contributed by atoms with Crippen molar-refractivity contribution in [2.24, 2.45) is 17.3 Å². The summed E-state index contributed by atoms with van der Waals surface area (Å²) in [6, 6.07) is 12.4. The number of aromatic hydroxyl groups is 1. The molecule has 2 aromatic rings. The number of carbonyl (C=O) groups excluding carboxylic acids is 3. The van der Waals surface area contributed by atoms with Gasteiger partial charge >= 0.3 is 5.97 Å². The van der Waals surface area contributed by atoms with Gasteiger partial charge in [-0.25, -0.2) is 0 Å². The third kappa shape index (κ3) is 6.03. The summed E-state index contributed by atoms with van der Waals surface area (Å²) in [7, 11) is 0. The first kappa shape index (κ1) is 34.2. The topological polar surface area (TPSA) is 176 Å². The van der Waals surface area contributed by atoms with Crippen LogP contribution in [-0.2, 0) is 46.4 Å². The number of fused-ring (bicyclic) bond motifs is 4. The Balaban J connectivity index is 1.10. The number of aliphatic hydroxyl groups is 2. The summed E-state index contributed by atoms with van der Waals surface area (Å²) in [6.45, 7) is 1.17. The molecule has 2 amide bonds. The average molecular weight is 704 g/mol. The minimum absolute atomic E-state index is 0.0536. The Kier molecular flexibility index (Phi) is 8.92. The van der Waals surface area contributed by atoms with E-state index in [9.17, 15) is 29.7 Å². The highest BCUT2D eigenvalue weighted by atomic mass is 16.8. The summed E-state index contributed by atoms with van der Waals surface area (Å²) >= 11 is 0. The molecule has 0 radical (unpaired) electrons. The molecular weight excluding hydrogens is 658 g/mol. The first-order valence-electron chi connectivity index (χ1n) is 18.0. The molecule has 51 heavy (non-hydrogen) atoms. The number of amides is 2. The molecule has 0 aromatic heterocycles. The van der Waals surface area contributed by atoms with Gasteiger partial charge in [-0.2, -0.15) is 5.06 Å². The number of nitrogens with one attached hydrogen (secondary N) is 2. The van der Waals surface area contributed by atoms with Gasteiger partial charge < -0.3 is 40.2 Å². The summed E-state index contributed by atoms with van der Waals surface area (Å²) in [5, 5.41) is 36.8. The summed E-state index contributed by atoms with van der Waals surface area (Å²) in [6.07, 6.45) is 4.13. The molecule has 0 unspecified atom stereocenters. The van der Waals surface area contributed by atoms with Crippen molar-refractivity contribution in [1.82, 2.24) is 15.7 Å². The quantitative estimate of drug-likeness (QED) is 0.192. The summed E-state index contributed by atoms with van der Waals surface area (Å²) in [5.74, 6) is -2.04. The van der Waals surface area contributed by atoms with Gasteiger partial charge in [0.15, 0.2) is 11.8 Å². The maximum atomic E-state index is 14.7. The Hall–Kier alpha value is -3.85. The van der Waals surface area contributed by atoms with E-state index in [-0.39, 0.29) is 43.7 Å². The Bertz CT molecular complexity index is 1700. The van der Waals surface area contributed by atoms with Crippen molar-refractivity contribution in [3.63, 3.8) is 0 Å². The number of para-hydroxylation sites is 1. The number of ether oxygens (including phenoxy) is 3. The number of esters is 1. The summed E-state index contributed by atoms with van der Waals surface area (Å²) in [5.41, 5.74) is 1.01. The first-order chi connectivity index (χ1) is 24.6. The number of allylic oxidation sites excluding steroid dienone is 1. The Morgan fingerprint density at radius 1 is 1.06 bits per heavy atom. The zero-order chi connectivity index (χ0) is 35.5. The zero-order valence-electron chi connectivity index (χ0n) is 28.5. The molecule has 5 N–H and O–H groups in total. The van der Waals surface area contributed by atoms with Crippen LogP contribution in [0.1, 0.15) is 55.7 Å². The van der Waals surface area contributed by atoms with Gasteiger partial charge in [-0.05, 0) is 61.8 Å². The maximum Gasteiger partial charge on any atom is 0.327 e. The van der Waals surface area contributed by atoms with Crippen LogP contribution in [0.2, 0.25) is 0 Å². The van der Waals surface area contributed by atoms with Crippen molar-refractivity contribution in [1.29, 1.82) is 0 Å². The molecule has 3 aliphatic carbocycles. The van der Waals surface area contributed by atoms with Crippen molar-refractivity contribution in [2.45, 2.75) is 100 Å². The molecular formula is C38H45N3O10. The number of hydroxylamine groups is 2. The van der Waals surface area contributed by atoms with Crippen LogP contribution < -0.4 is 10.6 Å². The highest BCUT2D eigenvalue weighted by molar-refractivity contribution is 5.96. The van der Waals surface area contributed by atoms with Gasteiger partial charge in [0, 0.05) is 24.8 Å². The minimum Gasteiger partial charge on any atom is -0.508 e. The highest BCUT2D eigenvalue weighted by Crippen LogP contribution is 2.63. The number of phenols is 1. The van der Waals surface area contributed by atoms with E-state index in [1.54, 1.807) is 12.1 Å². The van der Waals surface area contributed by atoms with E-state index in [4.69, 9.17) is 19.0 Å². The van der Waals surface area contributed by atoms with Crippen LogP contribution in [0, 0.1) is 17.3 Å². The fraction of sp³-hybridized carbons (Fsp3) is 0.553. The number of nitrogens with zero attached hydrogens (tertiary/aromatic N) is 1. The van der Waals surface area contributed by atoms with E-state index in [1.807, 2.05) is 48.6 Å². The third-order valence-corrected chi connectivity index (χ3v) is 11.3. The normalized spacial score (nSPS) is 31.9. The van der Waals surface area contributed by atoms with E-state index in [0.717, 1.165) is 42.4 Å². The standard InChI is InChI=1S/C38H45N3O10/c1-21(43)29(34(45)39-16-17-42)40-36(47)37-19-28-30-31(50-38(49-30,25-12-13-25)26-14-15-26)33(37)51-41(32(37)35(46)48-28)20-23-8-4-6-22(18-23)7-5-10-24-9-2-3-11-27(24)44/h2-9,11,18,21,25-26,28-33,42-44H,10,12-17,19-20H2,1H3,(H,39,45)(H,40,47)/t21-,28+,29+,30-,31-,32-,33+,37-/m0/s1. The van der Waals surface area contributed by atoms with Gasteiger partial charge in [0.2, 0.25) is 11.8 Å². The fourth-order valence-corrected chi connectivity index (χ4v) is 8.62. The van der Waals surface area contributed by atoms with Gasteiger partial charge in [0.25, 0.3) is 0 Å². The Morgan fingerprint density at radius 3 is 2.51 bits per heavy atom. The Morgan fingerprint density at radius 2 is 1.80 bits per heavy atom. The van der Waals surface area contributed by atoms with Crippen LogP contribution in [0.25, 0.3) is 6.08 Å². The molecule has 3 aliphatic heterocycles. The number of aliphatic hydroxyl groups excluding tert-OH is 2. The third-order valence-electron chi connectivity index (χ3n) is 11.3. The molecule has 272 valence electrons. The number of rotatable bonds is 13. The summed E-state index contributed by atoms with van der Waals surface area (Å²) < 4.78 is 19.8. The van der Waals surface area contributed by atoms with Crippen molar-refractivity contribution < 1.29 is 48.8 Å². The second kappa shape index (κ2) is 13.3. The van der Waals surface area contributed by atoms with Crippen LogP contribution in [0.3, 0.4) is 0 Å². The van der Waals surface area contributed by atoms with Crippen molar-refractivity contribution in [3.05, 3.63) is 71.3 Å². The molecule has 8 rings (SSSR count). The monoisotopic (exact) mass is 703 g/mol. The molecule has 2 aromatic carbocycles. The zero-order valence-corrected chi connectivity index (χ0v) is 28.5. The minimum atomic E-state index is -1.52. The highest BCUT2D eigenvalue weighted by Gasteiger charge is 2.78. The molecule has 3 saturated heterocycles. The van der Waals surface area contributed by atoms with Crippen LogP contribution >= 0.6 is 0 Å². The lowest BCUT2D eigenvalue weighted by Crippen LogP contribution is -2.71.